The van der Waals surface area contributed by atoms with Gasteiger partial charge in [-0.2, -0.15) is 0 Å². The second-order valence-electron chi connectivity index (χ2n) is 6.52. The number of hydrogen-bond donors (Lipinski definition) is 0. The van der Waals surface area contributed by atoms with E-state index < -0.39 is 0 Å². The third-order valence-electron chi connectivity index (χ3n) is 4.24. The van der Waals surface area contributed by atoms with Gasteiger partial charge in [0.2, 0.25) is 0 Å². The van der Waals surface area contributed by atoms with Gasteiger partial charge in [0.25, 0.3) is 5.91 Å². The van der Waals surface area contributed by atoms with Crippen molar-refractivity contribution in [3.05, 3.63) is 48.0 Å². The van der Waals surface area contributed by atoms with Gasteiger partial charge >= 0.3 is 0 Å². The number of nitrogens with zero attached hydrogens (tertiary/aromatic N) is 3. The molecular formula is C21H26ClN3O3S. The quantitative estimate of drug-likeness (QED) is 0.527. The fourth-order valence-corrected chi connectivity index (χ4v) is 3.83. The summed E-state index contributed by atoms with van der Waals surface area (Å²) < 4.78 is 12.0. The lowest BCUT2D eigenvalue weighted by atomic mass is 10.1. The predicted octanol–water partition coefficient (Wildman–Crippen LogP) is 4.33. The van der Waals surface area contributed by atoms with Crippen LogP contribution in [0.4, 0.5) is 5.13 Å². The molecule has 0 fully saturated rings. The van der Waals surface area contributed by atoms with E-state index in [0.717, 1.165) is 22.5 Å². The van der Waals surface area contributed by atoms with Gasteiger partial charge in [0.05, 0.1) is 29.5 Å². The smallest absolute Gasteiger partial charge is 0.263 e. The minimum Gasteiger partial charge on any atom is -0.496 e. The van der Waals surface area contributed by atoms with Gasteiger partial charge in [0.1, 0.15) is 11.5 Å². The van der Waals surface area contributed by atoms with Crippen LogP contribution in [0.5, 0.6) is 11.5 Å². The van der Waals surface area contributed by atoms with E-state index in [0.29, 0.717) is 29.6 Å². The van der Waals surface area contributed by atoms with Crippen molar-refractivity contribution in [3.63, 3.8) is 0 Å². The van der Waals surface area contributed by atoms with Gasteiger partial charge in [-0.1, -0.05) is 23.5 Å². The Morgan fingerprint density at radius 2 is 1.90 bits per heavy atom. The number of rotatable bonds is 8. The first-order valence-corrected chi connectivity index (χ1v) is 9.98. The first-order chi connectivity index (χ1) is 13.5. The van der Waals surface area contributed by atoms with Crippen LogP contribution in [0.1, 0.15) is 17.3 Å². The number of thiazole rings is 1. The van der Waals surface area contributed by atoms with E-state index in [1.165, 1.54) is 11.3 Å². The number of benzene rings is 2. The molecule has 2 aromatic carbocycles. The monoisotopic (exact) mass is 435 g/mol. The minimum atomic E-state index is -0.122. The molecule has 3 aromatic rings. The summed E-state index contributed by atoms with van der Waals surface area (Å²) in [7, 11) is 5.54. The van der Waals surface area contributed by atoms with Crippen molar-refractivity contribution in [1.29, 1.82) is 0 Å². The summed E-state index contributed by atoms with van der Waals surface area (Å²) in [4.78, 5) is 21.8. The topological polar surface area (TPSA) is 54.9 Å². The lowest BCUT2D eigenvalue weighted by molar-refractivity contribution is 0.0982. The second-order valence-corrected chi connectivity index (χ2v) is 7.53. The summed E-state index contributed by atoms with van der Waals surface area (Å²) >= 11 is 1.49. The molecule has 0 unspecified atom stereocenters. The normalized spacial score (nSPS) is 10.7. The summed E-state index contributed by atoms with van der Waals surface area (Å²) in [5.74, 6) is 1.24. The molecule has 6 nitrogen and oxygen atoms in total. The van der Waals surface area contributed by atoms with E-state index in [9.17, 15) is 4.79 Å². The van der Waals surface area contributed by atoms with Crippen LogP contribution in [0.15, 0.2) is 42.5 Å². The number of para-hydroxylation sites is 1. The highest BCUT2D eigenvalue weighted by molar-refractivity contribution is 7.22. The molecule has 3 rings (SSSR count). The Morgan fingerprint density at radius 3 is 2.59 bits per heavy atom. The van der Waals surface area contributed by atoms with Crippen LogP contribution in [-0.4, -0.2) is 56.7 Å². The van der Waals surface area contributed by atoms with E-state index in [4.69, 9.17) is 14.5 Å². The Hall–Kier alpha value is -2.35. The number of methoxy groups -OCH3 is 1. The van der Waals surface area contributed by atoms with Gasteiger partial charge in [-0.3, -0.25) is 9.69 Å². The van der Waals surface area contributed by atoms with Gasteiger partial charge in [-0.25, -0.2) is 4.98 Å². The zero-order chi connectivity index (χ0) is 20.1. The number of likely N-dealkylation sites (N-methyl/N-ethyl adjacent to an activating group) is 1. The van der Waals surface area contributed by atoms with E-state index >= 15 is 0 Å². The maximum absolute atomic E-state index is 13.4. The van der Waals surface area contributed by atoms with Crippen LogP contribution >= 0.6 is 23.7 Å². The third-order valence-corrected chi connectivity index (χ3v) is 5.29. The summed E-state index contributed by atoms with van der Waals surface area (Å²) in [6.07, 6.45) is 0. The highest BCUT2D eigenvalue weighted by atomic mass is 35.5. The van der Waals surface area contributed by atoms with Crippen molar-refractivity contribution >= 4 is 45.0 Å². The highest BCUT2D eigenvalue weighted by Crippen LogP contribution is 2.33. The van der Waals surface area contributed by atoms with E-state index in [2.05, 4.69) is 0 Å². The molecular weight excluding hydrogens is 410 g/mol. The molecule has 0 aliphatic rings. The fraction of sp³-hybridized carbons (Fsp3) is 0.333. The van der Waals surface area contributed by atoms with Gasteiger partial charge in [-0.15, -0.1) is 12.4 Å². The van der Waals surface area contributed by atoms with E-state index in [1.54, 1.807) is 24.1 Å². The van der Waals surface area contributed by atoms with E-state index in [-0.39, 0.29) is 18.3 Å². The number of anilines is 1. The van der Waals surface area contributed by atoms with Gasteiger partial charge in [0.15, 0.2) is 5.13 Å². The zero-order valence-corrected chi connectivity index (χ0v) is 18.7. The number of halogens is 1. The molecule has 8 heteroatoms. The molecule has 1 amide bonds. The Labute approximate surface area is 181 Å². The molecule has 1 heterocycles. The fourth-order valence-electron chi connectivity index (χ4n) is 2.82. The standard InChI is InChI=1S/C21H25N3O3S.ClH/c1-5-27-15-10-11-17-19(14-15)28-21(22-17)24(13-12-23(2)3)20(25)16-8-6-7-9-18(16)26-4;/h6-11,14H,5,12-13H2,1-4H3;1H. The molecule has 0 saturated carbocycles. The maximum Gasteiger partial charge on any atom is 0.263 e. The highest BCUT2D eigenvalue weighted by Gasteiger charge is 2.24. The lowest BCUT2D eigenvalue weighted by Crippen LogP contribution is -2.36. The molecule has 0 aliphatic carbocycles. The largest absolute Gasteiger partial charge is 0.496 e. The van der Waals surface area contributed by atoms with Crippen LogP contribution in [0, 0.1) is 0 Å². The molecule has 29 heavy (non-hydrogen) atoms. The van der Waals surface area contributed by atoms with Crippen LogP contribution in [0.25, 0.3) is 10.2 Å². The number of ether oxygens (including phenoxy) is 2. The summed E-state index contributed by atoms with van der Waals surface area (Å²) in [5.41, 5.74) is 1.38. The molecule has 0 N–H and O–H groups in total. The Kier molecular flexibility index (Phi) is 8.25. The predicted molar refractivity (Wildman–Crippen MR) is 121 cm³/mol. The Bertz CT molecular complexity index is 961. The Balaban J connectivity index is 0.00000300. The summed E-state index contributed by atoms with van der Waals surface area (Å²) in [6, 6.07) is 13.1. The third kappa shape index (κ3) is 5.38. The second kappa shape index (κ2) is 10.4. The average molecular weight is 436 g/mol. The van der Waals surface area contributed by atoms with Crippen LogP contribution in [0.2, 0.25) is 0 Å². The number of carbonyl (C=O) groups excluding carboxylic acids is 1. The van der Waals surface area contributed by atoms with Crippen molar-refractivity contribution in [3.8, 4) is 11.5 Å². The van der Waals surface area contributed by atoms with Crippen molar-refractivity contribution < 1.29 is 14.3 Å². The Morgan fingerprint density at radius 1 is 1.14 bits per heavy atom. The van der Waals surface area contributed by atoms with Crippen molar-refractivity contribution in [2.45, 2.75) is 6.92 Å². The van der Waals surface area contributed by atoms with Crippen molar-refractivity contribution in [1.82, 2.24) is 9.88 Å². The van der Waals surface area contributed by atoms with Gasteiger partial charge in [-0.05, 0) is 51.4 Å². The first kappa shape index (κ1) is 22.9. The van der Waals surface area contributed by atoms with Crippen molar-refractivity contribution in [2.24, 2.45) is 0 Å². The number of fused-ring (bicyclic) bond motifs is 1. The van der Waals surface area contributed by atoms with Gasteiger partial charge < -0.3 is 14.4 Å². The summed E-state index contributed by atoms with van der Waals surface area (Å²) in [6.45, 7) is 3.82. The minimum absolute atomic E-state index is 0. The molecule has 0 radical (unpaired) electrons. The summed E-state index contributed by atoms with van der Waals surface area (Å²) in [5, 5.41) is 0.668. The molecule has 0 spiro atoms. The maximum atomic E-state index is 13.4. The van der Waals surface area contributed by atoms with Crippen LogP contribution in [0.3, 0.4) is 0 Å². The number of hydrogen-bond acceptors (Lipinski definition) is 6. The zero-order valence-electron chi connectivity index (χ0n) is 17.0. The molecule has 0 atom stereocenters. The van der Waals surface area contributed by atoms with Gasteiger partial charge in [0, 0.05) is 13.1 Å². The molecule has 0 saturated heterocycles. The molecule has 0 aliphatic heterocycles. The average Bonchev–Trinajstić information content (AvgIpc) is 3.11. The number of carbonyl (C=O) groups is 1. The lowest BCUT2D eigenvalue weighted by Gasteiger charge is -2.22. The molecule has 1 aromatic heterocycles. The van der Waals surface area contributed by atoms with Crippen molar-refractivity contribution in [2.75, 3.05) is 45.8 Å². The SMILES string of the molecule is CCOc1ccc2nc(N(CCN(C)C)C(=O)c3ccccc3OC)sc2c1.Cl. The number of amides is 1. The first-order valence-electron chi connectivity index (χ1n) is 9.16. The number of aromatic nitrogens is 1. The van der Waals surface area contributed by atoms with E-state index in [1.807, 2.05) is 56.3 Å². The molecule has 156 valence electrons. The van der Waals surface area contributed by atoms with Crippen LogP contribution in [-0.2, 0) is 0 Å². The molecule has 0 bridgehead atoms. The van der Waals surface area contributed by atoms with Crippen LogP contribution < -0.4 is 14.4 Å².